The van der Waals surface area contributed by atoms with Gasteiger partial charge in [0.1, 0.15) is 17.9 Å². The topological polar surface area (TPSA) is 35.0 Å². The SMILES string of the molecule is C=C(C)/C(=C\C)c1cc(C)nc2c(OCc3c(Cl)cncc3Cl)cccc12. The van der Waals surface area contributed by atoms with E-state index >= 15 is 0 Å². The van der Waals surface area contributed by atoms with E-state index < -0.39 is 0 Å². The van der Waals surface area contributed by atoms with Crippen molar-refractivity contribution in [2.75, 3.05) is 0 Å². The molecule has 2 aromatic heterocycles. The maximum atomic E-state index is 6.20. The number of allylic oxidation sites excluding steroid dienone is 3. The number of fused-ring (bicyclic) bond motifs is 1. The Labute approximate surface area is 169 Å². The molecule has 5 heteroatoms. The quantitative estimate of drug-likeness (QED) is 0.443. The second kappa shape index (κ2) is 8.12. The number of halogens is 2. The Morgan fingerprint density at radius 3 is 2.56 bits per heavy atom. The van der Waals surface area contributed by atoms with Gasteiger partial charge in [0, 0.05) is 29.0 Å². The van der Waals surface area contributed by atoms with E-state index in [0.717, 1.165) is 33.3 Å². The van der Waals surface area contributed by atoms with Crippen LogP contribution in [0.25, 0.3) is 16.5 Å². The van der Waals surface area contributed by atoms with E-state index in [1.807, 2.05) is 39.0 Å². The van der Waals surface area contributed by atoms with E-state index in [9.17, 15) is 0 Å². The van der Waals surface area contributed by atoms with Crippen LogP contribution in [0, 0.1) is 6.92 Å². The van der Waals surface area contributed by atoms with Gasteiger partial charge in [-0.25, -0.2) is 4.98 Å². The number of rotatable bonds is 5. The lowest BCUT2D eigenvalue weighted by atomic mass is 9.95. The molecule has 2 heterocycles. The summed E-state index contributed by atoms with van der Waals surface area (Å²) in [5, 5.41) is 1.97. The summed E-state index contributed by atoms with van der Waals surface area (Å²) in [4.78, 5) is 8.68. The zero-order valence-corrected chi connectivity index (χ0v) is 17.0. The van der Waals surface area contributed by atoms with Gasteiger partial charge in [-0.15, -0.1) is 0 Å². The van der Waals surface area contributed by atoms with Crippen molar-refractivity contribution in [2.24, 2.45) is 0 Å². The standard InChI is InChI=1S/C22H20Cl2N2O/c1-5-15(13(2)3)17-9-14(4)26-22-16(17)7-6-8-21(22)27-12-18-19(23)10-25-11-20(18)24/h5-11H,2,12H2,1,3-4H3/b15-5+. The lowest BCUT2D eigenvalue weighted by Gasteiger charge is -2.15. The van der Waals surface area contributed by atoms with E-state index in [1.54, 1.807) is 12.4 Å². The van der Waals surface area contributed by atoms with Crippen LogP contribution in [0.5, 0.6) is 5.75 Å². The molecule has 0 saturated heterocycles. The van der Waals surface area contributed by atoms with Gasteiger partial charge in [-0.1, -0.05) is 53.6 Å². The molecule has 0 atom stereocenters. The van der Waals surface area contributed by atoms with Crippen LogP contribution >= 0.6 is 23.2 Å². The van der Waals surface area contributed by atoms with Crippen molar-refractivity contribution in [1.29, 1.82) is 0 Å². The van der Waals surface area contributed by atoms with Gasteiger partial charge in [0.05, 0.1) is 10.0 Å². The van der Waals surface area contributed by atoms with Crippen molar-refractivity contribution in [3.05, 3.63) is 81.8 Å². The molecule has 0 aliphatic carbocycles. The molecule has 0 N–H and O–H groups in total. The molecule has 0 fully saturated rings. The van der Waals surface area contributed by atoms with Crippen LogP contribution in [0.15, 0.2) is 54.9 Å². The Morgan fingerprint density at radius 2 is 1.93 bits per heavy atom. The first kappa shape index (κ1) is 19.4. The third kappa shape index (κ3) is 4.00. The fraction of sp³-hybridized carbons (Fsp3) is 0.182. The number of nitrogens with zero attached hydrogens (tertiary/aromatic N) is 2. The number of benzene rings is 1. The number of para-hydroxylation sites is 1. The fourth-order valence-corrected chi connectivity index (χ4v) is 3.52. The van der Waals surface area contributed by atoms with Gasteiger partial charge in [0.25, 0.3) is 0 Å². The lowest BCUT2D eigenvalue weighted by molar-refractivity contribution is 0.309. The van der Waals surface area contributed by atoms with Gasteiger partial charge >= 0.3 is 0 Å². The number of hydrogen-bond donors (Lipinski definition) is 0. The molecule has 0 bridgehead atoms. The highest BCUT2D eigenvalue weighted by molar-refractivity contribution is 6.35. The molecular weight excluding hydrogens is 379 g/mol. The molecule has 3 rings (SSSR count). The molecule has 0 saturated carbocycles. The summed E-state index contributed by atoms with van der Waals surface area (Å²) in [6.07, 6.45) is 5.18. The monoisotopic (exact) mass is 398 g/mol. The molecule has 27 heavy (non-hydrogen) atoms. The average molecular weight is 399 g/mol. The summed E-state index contributed by atoms with van der Waals surface area (Å²) >= 11 is 12.4. The molecule has 0 radical (unpaired) electrons. The molecule has 138 valence electrons. The maximum absolute atomic E-state index is 6.20. The second-order valence-corrected chi connectivity index (χ2v) is 7.13. The lowest BCUT2D eigenvalue weighted by Crippen LogP contribution is -2.00. The van der Waals surface area contributed by atoms with Crippen LogP contribution in [-0.4, -0.2) is 9.97 Å². The molecular formula is C22H20Cl2N2O. The summed E-state index contributed by atoms with van der Waals surface area (Å²) in [6, 6.07) is 7.98. The first-order valence-electron chi connectivity index (χ1n) is 8.56. The Morgan fingerprint density at radius 1 is 1.22 bits per heavy atom. The Hall–Kier alpha value is -2.36. The number of aromatic nitrogens is 2. The molecule has 0 aliphatic heterocycles. The zero-order chi connectivity index (χ0) is 19.6. The van der Waals surface area contributed by atoms with Gasteiger partial charge in [-0.3, -0.25) is 4.98 Å². The van der Waals surface area contributed by atoms with E-state index in [1.165, 1.54) is 0 Å². The Bertz CT molecular complexity index is 1040. The molecule has 0 aliphatic rings. The minimum Gasteiger partial charge on any atom is -0.487 e. The van der Waals surface area contributed by atoms with Crippen LogP contribution in [0.4, 0.5) is 0 Å². The minimum absolute atomic E-state index is 0.237. The Kier molecular flexibility index (Phi) is 5.83. The smallest absolute Gasteiger partial charge is 0.146 e. The van der Waals surface area contributed by atoms with Crippen molar-refractivity contribution in [1.82, 2.24) is 9.97 Å². The number of hydrogen-bond acceptors (Lipinski definition) is 3. The fourth-order valence-electron chi connectivity index (χ4n) is 3.05. The summed E-state index contributed by atoms with van der Waals surface area (Å²) in [5.74, 6) is 0.679. The minimum atomic E-state index is 0.237. The average Bonchev–Trinajstić information content (AvgIpc) is 2.61. The molecule has 0 spiro atoms. The number of aryl methyl sites for hydroxylation is 1. The van der Waals surface area contributed by atoms with E-state index in [-0.39, 0.29) is 6.61 Å². The van der Waals surface area contributed by atoms with Gasteiger partial charge < -0.3 is 4.74 Å². The third-order valence-corrected chi connectivity index (χ3v) is 4.94. The Balaban J connectivity index is 2.08. The number of ether oxygens (including phenoxy) is 1. The molecule has 3 nitrogen and oxygen atoms in total. The van der Waals surface area contributed by atoms with Crippen LogP contribution in [0.1, 0.15) is 30.7 Å². The highest BCUT2D eigenvalue weighted by Gasteiger charge is 2.14. The van der Waals surface area contributed by atoms with E-state index in [2.05, 4.69) is 23.7 Å². The highest BCUT2D eigenvalue weighted by atomic mass is 35.5. The summed E-state index contributed by atoms with van der Waals surface area (Å²) in [7, 11) is 0. The van der Waals surface area contributed by atoms with Gasteiger partial charge in [-0.2, -0.15) is 0 Å². The van der Waals surface area contributed by atoms with Crippen molar-refractivity contribution in [2.45, 2.75) is 27.4 Å². The van der Waals surface area contributed by atoms with Gasteiger partial charge in [-0.05, 0) is 44.0 Å². The molecule has 3 aromatic rings. The third-order valence-electron chi connectivity index (χ3n) is 4.29. The van der Waals surface area contributed by atoms with Crippen LogP contribution in [0.3, 0.4) is 0 Å². The van der Waals surface area contributed by atoms with Crippen molar-refractivity contribution < 1.29 is 4.74 Å². The van der Waals surface area contributed by atoms with Crippen LogP contribution in [-0.2, 0) is 6.61 Å². The highest BCUT2D eigenvalue weighted by Crippen LogP contribution is 2.34. The van der Waals surface area contributed by atoms with Crippen molar-refractivity contribution in [3.63, 3.8) is 0 Å². The van der Waals surface area contributed by atoms with Crippen LogP contribution < -0.4 is 4.74 Å². The normalized spacial score (nSPS) is 11.7. The van der Waals surface area contributed by atoms with Crippen molar-refractivity contribution in [3.8, 4) is 5.75 Å². The summed E-state index contributed by atoms with van der Waals surface area (Å²) < 4.78 is 6.05. The predicted molar refractivity (Wildman–Crippen MR) is 114 cm³/mol. The first-order chi connectivity index (χ1) is 12.9. The molecule has 0 amide bonds. The number of pyridine rings is 2. The first-order valence-corrected chi connectivity index (χ1v) is 9.31. The largest absolute Gasteiger partial charge is 0.487 e. The van der Waals surface area contributed by atoms with E-state index in [4.69, 9.17) is 32.9 Å². The maximum Gasteiger partial charge on any atom is 0.146 e. The zero-order valence-electron chi connectivity index (χ0n) is 15.5. The van der Waals surface area contributed by atoms with Crippen molar-refractivity contribution >= 4 is 39.7 Å². The van der Waals surface area contributed by atoms with E-state index in [0.29, 0.717) is 21.4 Å². The van der Waals surface area contributed by atoms with Crippen LogP contribution in [0.2, 0.25) is 10.0 Å². The molecule has 0 unspecified atom stereocenters. The van der Waals surface area contributed by atoms with Gasteiger partial charge in [0.15, 0.2) is 0 Å². The summed E-state index contributed by atoms with van der Waals surface area (Å²) in [5.41, 5.74) is 5.62. The second-order valence-electron chi connectivity index (χ2n) is 6.32. The van der Waals surface area contributed by atoms with Gasteiger partial charge in [0.2, 0.25) is 0 Å². The summed E-state index contributed by atoms with van der Waals surface area (Å²) in [6.45, 7) is 10.3. The predicted octanol–water partition coefficient (Wildman–Crippen LogP) is 6.80. The molecule has 1 aromatic carbocycles.